The molecule has 0 saturated heterocycles. The summed E-state index contributed by atoms with van der Waals surface area (Å²) in [5.41, 5.74) is 0. The van der Waals surface area contributed by atoms with Crippen molar-refractivity contribution in [1.82, 2.24) is 5.32 Å². The van der Waals surface area contributed by atoms with Crippen LogP contribution in [0.4, 0.5) is 0 Å². The first-order chi connectivity index (χ1) is 31.4. The molecule has 378 valence electrons. The van der Waals surface area contributed by atoms with Crippen LogP contribution in [0, 0.1) is 0 Å². The van der Waals surface area contributed by atoms with Crippen molar-refractivity contribution in [3.8, 4) is 0 Å². The van der Waals surface area contributed by atoms with Crippen LogP contribution in [0.25, 0.3) is 0 Å². The Morgan fingerprint density at radius 2 is 1.00 bits per heavy atom. The predicted octanol–water partition coefficient (Wildman–Crippen LogP) is 15.5. The Kier molecular flexibility index (Phi) is 43.9. The van der Waals surface area contributed by atoms with Gasteiger partial charge < -0.3 is 19.4 Å². The number of carbonyl (C=O) groups is 2. The quantitative estimate of drug-likeness (QED) is 0.0156. The number of likely N-dealkylation sites (N-methyl/N-ethyl adjacent to an activating group) is 1. The van der Waals surface area contributed by atoms with Crippen molar-refractivity contribution in [2.45, 2.75) is 238 Å². The van der Waals surface area contributed by atoms with E-state index in [0.29, 0.717) is 17.4 Å². The Bertz CT molecular complexity index is 1300. The summed E-state index contributed by atoms with van der Waals surface area (Å²) >= 11 is 0. The normalized spacial score (nSPS) is 14.4. The van der Waals surface area contributed by atoms with Crippen LogP contribution in [0.5, 0.6) is 0 Å². The molecule has 3 unspecified atom stereocenters. The topological polar surface area (TPSA) is 111 Å². The molecule has 0 spiro atoms. The lowest BCUT2D eigenvalue weighted by atomic mass is 10.1. The second-order valence-electron chi connectivity index (χ2n) is 19.1. The van der Waals surface area contributed by atoms with Gasteiger partial charge in [0.2, 0.25) is 5.91 Å². The largest absolute Gasteiger partial charge is 0.472 e. The van der Waals surface area contributed by atoms with Gasteiger partial charge in [-0.25, -0.2) is 4.57 Å². The van der Waals surface area contributed by atoms with Crippen LogP contribution in [0.1, 0.15) is 226 Å². The first-order valence-corrected chi connectivity index (χ1v) is 28.1. The molecule has 1 amide bonds. The van der Waals surface area contributed by atoms with E-state index in [1.165, 1.54) is 103 Å². The zero-order chi connectivity index (χ0) is 48.0. The number of ether oxygens (including phenoxy) is 1. The third-order valence-electron chi connectivity index (χ3n) is 11.5. The first-order valence-electron chi connectivity index (χ1n) is 26.6. The first kappa shape index (κ1) is 62.7. The number of allylic oxidation sites excluding steroid dienone is 9. The lowest BCUT2D eigenvalue weighted by Crippen LogP contribution is -2.47. The molecule has 0 aromatic rings. The lowest BCUT2D eigenvalue weighted by Gasteiger charge is -2.27. The number of rotatable bonds is 47. The van der Waals surface area contributed by atoms with Gasteiger partial charge in [-0.1, -0.05) is 197 Å². The highest BCUT2D eigenvalue weighted by atomic mass is 31.2. The van der Waals surface area contributed by atoms with Crippen LogP contribution in [-0.4, -0.2) is 74.3 Å². The molecule has 0 saturated carbocycles. The number of nitrogens with one attached hydrogen (secondary N) is 1. The molecular weight excluding hydrogens is 832 g/mol. The van der Waals surface area contributed by atoms with Gasteiger partial charge in [0.1, 0.15) is 19.3 Å². The van der Waals surface area contributed by atoms with Gasteiger partial charge in [-0.15, -0.1) is 0 Å². The summed E-state index contributed by atoms with van der Waals surface area (Å²) in [6.45, 7) is 6.83. The fourth-order valence-electron chi connectivity index (χ4n) is 7.34. The average Bonchev–Trinajstić information content (AvgIpc) is 3.26. The third-order valence-corrected chi connectivity index (χ3v) is 12.5. The highest BCUT2D eigenvalue weighted by Gasteiger charge is 2.30. The summed E-state index contributed by atoms with van der Waals surface area (Å²) in [7, 11) is 1.47. The van der Waals surface area contributed by atoms with E-state index in [1.54, 1.807) is 0 Å². The number of carbonyl (C=O) groups excluding carboxylic acids is 2. The van der Waals surface area contributed by atoms with E-state index < -0.39 is 20.0 Å². The molecule has 0 aromatic heterocycles. The number of quaternary nitrogens is 1. The number of amides is 1. The van der Waals surface area contributed by atoms with Crippen LogP contribution in [0.2, 0.25) is 0 Å². The molecule has 0 aliphatic heterocycles. The summed E-state index contributed by atoms with van der Waals surface area (Å²) < 4.78 is 30.5. The molecule has 0 aliphatic rings. The molecule has 2 N–H and O–H groups in total. The standard InChI is InChI=1S/C55H101N2O7P/c1-7-10-13-16-19-22-25-27-28-30-33-36-39-42-45-48-55(59)64-53(46-43-40-37-34-31-24-21-18-15-12-9-3)52(51-63-65(60,61)62-50-49-57(4,5)6)56-54(58)47-44-41-38-35-32-29-26-23-20-17-14-11-8-2/h10,13,16,19,22,25,29,32,43,46,52-53H,7-9,11-12,14-15,17-18,20-21,23-24,26-28,30-31,33-42,44-45,47-51H2,1-6H3,(H-,56,58,60,61)/p+1/b13-10+,19-16+,25-22+,32-29-,46-43+. The zero-order valence-corrected chi connectivity index (χ0v) is 43.9. The van der Waals surface area contributed by atoms with Crippen molar-refractivity contribution in [3.05, 3.63) is 60.8 Å². The Balaban J connectivity index is 5.43. The van der Waals surface area contributed by atoms with E-state index in [9.17, 15) is 19.0 Å². The van der Waals surface area contributed by atoms with Gasteiger partial charge in [-0.2, -0.15) is 0 Å². The van der Waals surface area contributed by atoms with Crippen LogP contribution < -0.4 is 5.32 Å². The SMILES string of the molecule is CC/C=C/C=C/C=C/CCCCCCCCCC(=O)OC(/C=C/CCCCCCCCCCC)C(COP(=O)(O)OCC[N+](C)(C)C)NC(=O)CCCCC/C=C\CCCCCCCC. The van der Waals surface area contributed by atoms with E-state index in [2.05, 4.69) is 74.7 Å². The molecule has 0 radical (unpaired) electrons. The molecular formula is C55H102N2O7P+. The Morgan fingerprint density at radius 3 is 1.52 bits per heavy atom. The van der Waals surface area contributed by atoms with E-state index >= 15 is 0 Å². The number of hydrogen-bond donors (Lipinski definition) is 2. The smallest absolute Gasteiger partial charge is 0.456 e. The van der Waals surface area contributed by atoms with Gasteiger partial charge in [0.05, 0.1) is 33.8 Å². The van der Waals surface area contributed by atoms with Crippen molar-refractivity contribution >= 4 is 19.7 Å². The van der Waals surface area contributed by atoms with Crippen molar-refractivity contribution in [2.24, 2.45) is 0 Å². The minimum absolute atomic E-state index is 0.0339. The molecule has 3 atom stereocenters. The summed E-state index contributed by atoms with van der Waals surface area (Å²) in [5.74, 6) is -0.541. The lowest BCUT2D eigenvalue weighted by molar-refractivity contribution is -0.870. The zero-order valence-electron chi connectivity index (χ0n) is 43.0. The minimum atomic E-state index is -4.44. The van der Waals surface area contributed by atoms with Crippen molar-refractivity contribution < 1.29 is 37.3 Å². The van der Waals surface area contributed by atoms with Gasteiger partial charge in [-0.3, -0.25) is 18.6 Å². The third kappa shape index (κ3) is 46.6. The Hall–Kier alpha value is -2.29. The fraction of sp³-hybridized carbons (Fsp3) is 0.782. The Morgan fingerprint density at radius 1 is 0.554 bits per heavy atom. The van der Waals surface area contributed by atoms with E-state index in [1.807, 2.05) is 33.3 Å². The highest BCUT2D eigenvalue weighted by molar-refractivity contribution is 7.47. The number of phosphoric acid groups is 1. The highest BCUT2D eigenvalue weighted by Crippen LogP contribution is 2.43. The van der Waals surface area contributed by atoms with Crippen LogP contribution in [0.3, 0.4) is 0 Å². The predicted molar refractivity (Wildman–Crippen MR) is 277 cm³/mol. The molecule has 0 aliphatic carbocycles. The van der Waals surface area contributed by atoms with Crippen LogP contribution >= 0.6 is 7.82 Å². The molecule has 9 nitrogen and oxygen atoms in total. The van der Waals surface area contributed by atoms with Gasteiger partial charge >= 0.3 is 13.8 Å². The van der Waals surface area contributed by atoms with Gasteiger partial charge in [0.15, 0.2) is 0 Å². The van der Waals surface area contributed by atoms with Crippen LogP contribution in [-0.2, 0) is 27.9 Å². The molecule has 65 heavy (non-hydrogen) atoms. The van der Waals surface area contributed by atoms with E-state index in [0.717, 1.165) is 89.9 Å². The van der Waals surface area contributed by atoms with E-state index in [-0.39, 0.29) is 31.5 Å². The number of phosphoric ester groups is 1. The van der Waals surface area contributed by atoms with Crippen molar-refractivity contribution in [1.29, 1.82) is 0 Å². The summed E-state index contributed by atoms with van der Waals surface area (Å²) in [6, 6.07) is -0.859. The number of nitrogens with zero attached hydrogens (tertiary/aromatic N) is 1. The molecule has 0 fully saturated rings. The summed E-state index contributed by atoms with van der Waals surface area (Å²) in [4.78, 5) is 37.4. The fourth-order valence-corrected chi connectivity index (χ4v) is 8.08. The van der Waals surface area contributed by atoms with Gasteiger partial charge in [0, 0.05) is 12.8 Å². The van der Waals surface area contributed by atoms with Gasteiger partial charge in [-0.05, 0) is 76.7 Å². The molecule has 0 bridgehead atoms. The van der Waals surface area contributed by atoms with Gasteiger partial charge in [0.25, 0.3) is 0 Å². The number of unbranched alkanes of at least 4 members (excludes halogenated alkanes) is 25. The molecule has 10 heteroatoms. The second kappa shape index (κ2) is 45.5. The van der Waals surface area contributed by atoms with Crippen molar-refractivity contribution in [3.63, 3.8) is 0 Å². The summed E-state index contributed by atoms with van der Waals surface area (Å²) in [5, 5.41) is 3.02. The number of hydrogen-bond acceptors (Lipinski definition) is 6. The van der Waals surface area contributed by atoms with Crippen LogP contribution in [0.15, 0.2) is 60.8 Å². The molecule has 0 rings (SSSR count). The second-order valence-corrected chi connectivity index (χ2v) is 20.5. The maximum atomic E-state index is 13.4. The number of esters is 1. The average molecular weight is 934 g/mol. The monoisotopic (exact) mass is 934 g/mol. The summed E-state index contributed by atoms with van der Waals surface area (Å²) in [6.07, 6.45) is 55.0. The van der Waals surface area contributed by atoms with Crippen molar-refractivity contribution in [2.75, 3.05) is 40.9 Å². The maximum absolute atomic E-state index is 13.4. The van der Waals surface area contributed by atoms with E-state index in [4.69, 9.17) is 13.8 Å². The molecule has 0 heterocycles. The maximum Gasteiger partial charge on any atom is 0.472 e. The minimum Gasteiger partial charge on any atom is -0.456 e. The Labute approximate surface area is 401 Å². The molecule has 0 aromatic carbocycles.